The van der Waals surface area contributed by atoms with Crippen molar-refractivity contribution in [2.24, 2.45) is 0 Å². The molecule has 2 fully saturated rings. The molecule has 4 rings (SSSR count). The fourth-order valence-electron chi connectivity index (χ4n) is 5.38. The van der Waals surface area contributed by atoms with E-state index in [9.17, 15) is 14.9 Å². The van der Waals surface area contributed by atoms with E-state index in [0.29, 0.717) is 34.1 Å². The summed E-state index contributed by atoms with van der Waals surface area (Å²) in [6, 6.07) is 12.8. The molecule has 36 heavy (non-hydrogen) atoms. The molecule has 0 saturated carbocycles. The van der Waals surface area contributed by atoms with Crippen molar-refractivity contribution < 1.29 is 23.8 Å². The molecule has 0 spiro atoms. The number of amides is 2. The van der Waals surface area contributed by atoms with Crippen LogP contribution in [0.5, 0.6) is 17.2 Å². The molecule has 9 heteroatoms. The van der Waals surface area contributed by atoms with E-state index in [-0.39, 0.29) is 36.5 Å². The number of fused-ring (bicyclic) bond motifs is 2. The number of para-hydroxylation sites is 1. The van der Waals surface area contributed by atoms with Crippen LogP contribution in [-0.2, 0) is 4.79 Å². The third kappa shape index (κ3) is 5.39. The summed E-state index contributed by atoms with van der Waals surface area (Å²) in [5, 5.41) is 15.4. The van der Waals surface area contributed by atoms with Gasteiger partial charge in [0.1, 0.15) is 6.07 Å². The Balaban J connectivity index is 1.41. The molecule has 9 nitrogen and oxygen atoms in total. The zero-order valence-electron chi connectivity index (χ0n) is 20.9. The van der Waals surface area contributed by atoms with Crippen LogP contribution in [0.15, 0.2) is 36.4 Å². The monoisotopic (exact) mass is 492 g/mol. The van der Waals surface area contributed by atoms with Gasteiger partial charge in [0.15, 0.2) is 11.5 Å². The zero-order valence-corrected chi connectivity index (χ0v) is 20.9. The summed E-state index contributed by atoms with van der Waals surface area (Å²) in [5.41, 5.74) is 1.41. The Morgan fingerprint density at radius 3 is 2.25 bits per heavy atom. The first-order valence-corrected chi connectivity index (χ1v) is 12.1. The van der Waals surface area contributed by atoms with Crippen molar-refractivity contribution in [3.63, 3.8) is 0 Å². The van der Waals surface area contributed by atoms with E-state index in [2.05, 4.69) is 21.6 Å². The lowest BCUT2D eigenvalue weighted by atomic mass is 9.81. The van der Waals surface area contributed by atoms with Crippen molar-refractivity contribution in [3.05, 3.63) is 47.5 Å². The highest BCUT2D eigenvalue weighted by molar-refractivity contribution is 5.96. The van der Waals surface area contributed by atoms with Crippen molar-refractivity contribution >= 4 is 17.5 Å². The molecule has 2 heterocycles. The number of hydrogen-bond donors (Lipinski definition) is 2. The van der Waals surface area contributed by atoms with Gasteiger partial charge < -0.3 is 24.8 Å². The van der Waals surface area contributed by atoms with E-state index < -0.39 is 0 Å². The quantitative estimate of drug-likeness (QED) is 0.581. The van der Waals surface area contributed by atoms with Gasteiger partial charge in [0.2, 0.25) is 11.7 Å². The van der Waals surface area contributed by atoms with E-state index in [1.54, 1.807) is 36.4 Å². The lowest BCUT2D eigenvalue weighted by molar-refractivity contribution is -0.120. The van der Waals surface area contributed by atoms with E-state index in [0.717, 1.165) is 32.1 Å². The molecule has 2 atom stereocenters. The van der Waals surface area contributed by atoms with Gasteiger partial charge in [-0.3, -0.25) is 14.5 Å². The first-order valence-electron chi connectivity index (χ1n) is 12.1. The van der Waals surface area contributed by atoms with Crippen molar-refractivity contribution in [2.45, 2.75) is 50.2 Å². The molecule has 2 aromatic carbocycles. The third-order valence-corrected chi connectivity index (χ3v) is 7.04. The number of nitrogens with one attached hydrogen (secondary N) is 2. The summed E-state index contributed by atoms with van der Waals surface area (Å²) in [7, 11) is 4.56. The van der Waals surface area contributed by atoms with Gasteiger partial charge in [-0.15, -0.1) is 0 Å². The number of nitrogens with zero attached hydrogens (tertiary/aromatic N) is 2. The molecule has 2 N–H and O–H groups in total. The second kappa shape index (κ2) is 11.3. The second-order valence-corrected chi connectivity index (χ2v) is 9.17. The molecule has 0 radical (unpaired) electrons. The van der Waals surface area contributed by atoms with Gasteiger partial charge in [0, 0.05) is 23.7 Å². The largest absolute Gasteiger partial charge is 0.493 e. The average molecular weight is 493 g/mol. The lowest BCUT2D eigenvalue weighted by Crippen LogP contribution is -2.58. The molecule has 2 unspecified atom stereocenters. The maximum absolute atomic E-state index is 13.1. The van der Waals surface area contributed by atoms with Gasteiger partial charge in [-0.05, 0) is 49.9 Å². The molecule has 2 saturated heterocycles. The smallest absolute Gasteiger partial charge is 0.251 e. The van der Waals surface area contributed by atoms with Crippen LogP contribution in [0.1, 0.15) is 48.0 Å². The number of anilines is 1. The van der Waals surface area contributed by atoms with Gasteiger partial charge in [0.25, 0.3) is 5.91 Å². The van der Waals surface area contributed by atoms with Crippen LogP contribution >= 0.6 is 0 Å². The van der Waals surface area contributed by atoms with Crippen LogP contribution in [0.25, 0.3) is 0 Å². The second-order valence-electron chi connectivity index (χ2n) is 9.17. The summed E-state index contributed by atoms with van der Waals surface area (Å²) in [4.78, 5) is 28.2. The lowest BCUT2D eigenvalue weighted by Gasteiger charge is -2.48. The summed E-state index contributed by atoms with van der Waals surface area (Å²) in [6.45, 7) is 0.267. The predicted molar refractivity (Wildman–Crippen MR) is 135 cm³/mol. The van der Waals surface area contributed by atoms with E-state index in [1.807, 2.05) is 0 Å². The number of carbonyl (C=O) groups excluding carboxylic acids is 2. The van der Waals surface area contributed by atoms with Crippen LogP contribution in [0.2, 0.25) is 0 Å². The minimum Gasteiger partial charge on any atom is -0.493 e. The Hall–Kier alpha value is -3.77. The van der Waals surface area contributed by atoms with Crippen LogP contribution in [0.4, 0.5) is 5.69 Å². The number of nitriles is 1. The molecule has 2 bridgehead atoms. The molecule has 0 aromatic heterocycles. The van der Waals surface area contributed by atoms with Crippen molar-refractivity contribution in [3.8, 4) is 23.3 Å². The van der Waals surface area contributed by atoms with E-state index in [4.69, 9.17) is 14.2 Å². The van der Waals surface area contributed by atoms with Crippen LogP contribution < -0.4 is 24.8 Å². The normalized spacial score (nSPS) is 21.1. The first-order chi connectivity index (χ1) is 17.5. The van der Waals surface area contributed by atoms with Crippen molar-refractivity contribution in [1.82, 2.24) is 10.2 Å². The molecular formula is C27H32N4O5. The Labute approximate surface area is 211 Å². The van der Waals surface area contributed by atoms with Crippen molar-refractivity contribution in [2.75, 3.05) is 33.2 Å². The summed E-state index contributed by atoms with van der Waals surface area (Å²) >= 11 is 0. The predicted octanol–water partition coefficient (Wildman–Crippen LogP) is 3.34. The summed E-state index contributed by atoms with van der Waals surface area (Å²) < 4.78 is 16.1. The highest BCUT2D eigenvalue weighted by Gasteiger charge is 2.39. The maximum atomic E-state index is 13.1. The number of hydrogen-bond acceptors (Lipinski definition) is 7. The van der Waals surface area contributed by atoms with Gasteiger partial charge >= 0.3 is 0 Å². The average Bonchev–Trinajstić information content (AvgIpc) is 2.88. The van der Waals surface area contributed by atoms with Gasteiger partial charge in [0.05, 0.1) is 39.1 Å². The number of benzene rings is 2. The van der Waals surface area contributed by atoms with Gasteiger partial charge in [-0.2, -0.15) is 5.26 Å². The van der Waals surface area contributed by atoms with Crippen LogP contribution in [-0.4, -0.2) is 62.7 Å². The molecule has 2 aliphatic heterocycles. The fourth-order valence-corrected chi connectivity index (χ4v) is 5.38. The number of piperidine rings is 2. The minimum atomic E-state index is -0.198. The standard InChI is InChI=1S/C27H32N4O5/c1-34-23-11-18(12-24(35-2)26(23)36-3)27(33)29-19-13-20-8-6-9-21(14-19)31(20)16-25(32)30-22-10-5-4-7-17(22)15-28/h4-5,7,10-12,19-21H,6,8-9,13-14,16H2,1-3H3,(H,29,33)(H,30,32). The van der Waals surface area contributed by atoms with Crippen LogP contribution in [0, 0.1) is 11.3 Å². The number of carbonyl (C=O) groups is 2. The summed E-state index contributed by atoms with van der Waals surface area (Å²) in [5.74, 6) is 0.969. The molecule has 2 aliphatic rings. The minimum absolute atomic E-state index is 0.00511. The molecular weight excluding hydrogens is 460 g/mol. The molecule has 2 aromatic rings. The zero-order chi connectivity index (χ0) is 25.7. The van der Waals surface area contributed by atoms with Gasteiger partial charge in [-0.1, -0.05) is 18.6 Å². The van der Waals surface area contributed by atoms with Crippen LogP contribution in [0.3, 0.4) is 0 Å². The Bertz CT molecular complexity index is 1120. The third-order valence-electron chi connectivity index (χ3n) is 7.04. The molecule has 0 aliphatic carbocycles. The fraction of sp³-hybridized carbons (Fsp3) is 0.444. The highest BCUT2D eigenvalue weighted by Crippen LogP contribution is 2.39. The molecule has 190 valence electrons. The number of rotatable bonds is 8. The van der Waals surface area contributed by atoms with Crippen molar-refractivity contribution in [1.29, 1.82) is 5.26 Å². The van der Waals surface area contributed by atoms with Gasteiger partial charge in [-0.25, -0.2) is 0 Å². The Morgan fingerprint density at radius 1 is 1.03 bits per heavy atom. The van der Waals surface area contributed by atoms with E-state index in [1.165, 1.54) is 21.3 Å². The molecule has 2 amide bonds. The topological polar surface area (TPSA) is 113 Å². The highest BCUT2D eigenvalue weighted by atomic mass is 16.5. The number of ether oxygens (including phenoxy) is 3. The Morgan fingerprint density at radius 2 is 1.67 bits per heavy atom. The SMILES string of the molecule is COc1cc(C(=O)NC2CC3CCCC(C2)N3CC(=O)Nc2ccccc2C#N)cc(OC)c1OC. The Kier molecular flexibility index (Phi) is 7.96. The summed E-state index contributed by atoms with van der Waals surface area (Å²) in [6.07, 6.45) is 4.62. The maximum Gasteiger partial charge on any atom is 0.251 e. The number of methoxy groups -OCH3 is 3. The van der Waals surface area contributed by atoms with E-state index >= 15 is 0 Å². The first kappa shape index (κ1) is 25.3.